The van der Waals surface area contributed by atoms with E-state index in [0.29, 0.717) is 11.5 Å². The number of nitrogens with zero attached hydrogens (tertiary/aromatic N) is 4. The van der Waals surface area contributed by atoms with Gasteiger partial charge in [0, 0.05) is 49.9 Å². The standard InChI is InChI=1S/C28H36N4O5S/c1-20-17-32(21(2)19-33)38(35,36)27-12-11-23(10-6-9-22-7-4-5-8-22)15-25(27)37-26(20)18-31(3)28(34)24-16-29-13-14-30-24/h11-16,20-22,26,33H,4-5,7-9,17-19H2,1-3H3/t20-,21-,26+/m1/s1. The molecule has 1 N–H and O–H groups in total. The first-order valence-corrected chi connectivity index (χ1v) is 14.6. The van der Waals surface area contributed by atoms with E-state index in [1.807, 2.05) is 6.92 Å². The highest BCUT2D eigenvalue weighted by Crippen LogP contribution is 2.34. The van der Waals surface area contributed by atoms with Crippen molar-refractivity contribution in [2.24, 2.45) is 11.8 Å². The predicted molar refractivity (Wildman–Crippen MR) is 143 cm³/mol. The quantitative estimate of drug-likeness (QED) is 0.561. The van der Waals surface area contributed by atoms with Gasteiger partial charge in [0.05, 0.1) is 19.3 Å². The first-order valence-electron chi connectivity index (χ1n) is 13.1. The Balaban J connectivity index is 1.66. The number of hydrogen-bond donors (Lipinski definition) is 1. The Morgan fingerprint density at radius 3 is 2.74 bits per heavy atom. The third-order valence-electron chi connectivity index (χ3n) is 7.35. The van der Waals surface area contributed by atoms with Crippen molar-refractivity contribution >= 4 is 15.9 Å². The Labute approximate surface area is 225 Å². The number of likely N-dealkylation sites (N-methyl/N-ethyl adjacent to an activating group) is 1. The van der Waals surface area contributed by atoms with E-state index in [4.69, 9.17) is 4.74 Å². The second kappa shape index (κ2) is 12.2. The zero-order chi connectivity index (χ0) is 27.3. The lowest BCUT2D eigenvalue weighted by Crippen LogP contribution is -2.50. The van der Waals surface area contributed by atoms with Gasteiger partial charge in [-0.1, -0.05) is 31.6 Å². The molecule has 38 heavy (non-hydrogen) atoms. The van der Waals surface area contributed by atoms with Crippen molar-refractivity contribution in [2.45, 2.75) is 63.0 Å². The zero-order valence-corrected chi connectivity index (χ0v) is 23.0. The van der Waals surface area contributed by atoms with Crippen LogP contribution in [0.1, 0.15) is 62.0 Å². The van der Waals surface area contributed by atoms with Gasteiger partial charge in [-0.25, -0.2) is 13.4 Å². The monoisotopic (exact) mass is 540 g/mol. The number of rotatable bonds is 6. The van der Waals surface area contributed by atoms with Crippen LogP contribution in [0, 0.1) is 23.7 Å². The van der Waals surface area contributed by atoms with Crippen molar-refractivity contribution in [1.82, 2.24) is 19.2 Å². The normalized spacial score (nSPS) is 22.2. The predicted octanol–water partition coefficient (Wildman–Crippen LogP) is 2.95. The number of fused-ring (bicyclic) bond motifs is 1. The number of hydrogen-bond acceptors (Lipinski definition) is 7. The summed E-state index contributed by atoms with van der Waals surface area (Å²) < 4.78 is 35.0. The topological polar surface area (TPSA) is 113 Å². The molecule has 0 radical (unpaired) electrons. The smallest absolute Gasteiger partial charge is 0.273 e. The first kappa shape index (κ1) is 28.0. The molecular weight excluding hydrogens is 504 g/mol. The molecule has 10 heteroatoms. The van der Waals surface area contributed by atoms with Crippen LogP contribution in [0.2, 0.25) is 0 Å². The van der Waals surface area contributed by atoms with E-state index >= 15 is 0 Å². The van der Waals surface area contributed by atoms with E-state index in [1.165, 1.54) is 59.5 Å². The molecule has 1 saturated carbocycles. The van der Waals surface area contributed by atoms with Gasteiger partial charge >= 0.3 is 0 Å². The second-order valence-electron chi connectivity index (χ2n) is 10.3. The van der Waals surface area contributed by atoms with E-state index in [9.17, 15) is 18.3 Å². The molecule has 2 heterocycles. The molecule has 1 aliphatic heterocycles. The minimum absolute atomic E-state index is 0.0268. The lowest BCUT2D eigenvalue weighted by atomic mass is 10.0. The summed E-state index contributed by atoms with van der Waals surface area (Å²) in [7, 11) is -2.29. The van der Waals surface area contributed by atoms with Gasteiger partial charge in [-0.3, -0.25) is 9.78 Å². The van der Waals surface area contributed by atoms with E-state index in [2.05, 4.69) is 21.8 Å². The average Bonchev–Trinajstić information content (AvgIpc) is 3.43. The van der Waals surface area contributed by atoms with Gasteiger partial charge in [0.1, 0.15) is 22.4 Å². The zero-order valence-electron chi connectivity index (χ0n) is 22.2. The molecule has 2 aliphatic rings. The lowest BCUT2D eigenvalue weighted by molar-refractivity contribution is 0.0559. The fourth-order valence-corrected chi connectivity index (χ4v) is 6.82. The van der Waals surface area contributed by atoms with Gasteiger partial charge in [-0.2, -0.15) is 4.31 Å². The largest absolute Gasteiger partial charge is 0.487 e. The lowest BCUT2D eigenvalue weighted by Gasteiger charge is -2.37. The molecule has 1 amide bonds. The third kappa shape index (κ3) is 6.34. The number of carbonyl (C=O) groups excluding carboxylic acids is 1. The Morgan fingerprint density at radius 1 is 1.29 bits per heavy atom. The van der Waals surface area contributed by atoms with Crippen LogP contribution in [-0.4, -0.2) is 77.5 Å². The molecule has 0 spiro atoms. The van der Waals surface area contributed by atoms with Crippen LogP contribution in [0.3, 0.4) is 0 Å². The van der Waals surface area contributed by atoms with Crippen LogP contribution < -0.4 is 4.74 Å². The summed E-state index contributed by atoms with van der Waals surface area (Å²) in [4.78, 5) is 22.5. The number of amides is 1. The van der Waals surface area contributed by atoms with Gasteiger partial charge in [0.25, 0.3) is 5.91 Å². The highest BCUT2D eigenvalue weighted by molar-refractivity contribution is 7.89. The molecule has 1 fully saturated rings. The average molecular weight is 541 g/mol. The fraction of sp³-hybridized carbons (Fsp3) is 0.536. The van der Waals surface area contributed by atoms with Crippen molar-refractivity contribution in [1.29, 1.82) is 0 Å². The molecule has 2 aromatic rings. The molecule has 0 unspecified atom stereocenters. The van der Waals surface area contributed by atoms with Gasteiger partial charge in [0.2, 0.25) is 10.0 Å². The maximum atomic E-state index is 13.7. The molecule has 1 aromatic heterocycles. The number of aliphatic hydroxyl groups excluding tert-OH is 1. The first-order chi connectivity index (χ1) is 18.2. The molecule has 204 valence electrons. The summed E-state index contributed by atoms with van der Waals surface area (Å²) in [6.45, 7) is 3.57. The molecular formula is C28H36N4O5S. The van der Waals surface area contributed by atoms with Crippen LogP contribution in [0.5, 0.6) is 5.75 Å². The van der Waals surface area contributed by atoms with E-state index < -0.39 is 22.2 Å². The van der Waals surface area contributed by atoms with Gasteiger partial charge in [-0.15, -0.1) is 0 Å². The Hall–Kier alpha value is -3.00. The summed E-state index contributed by atoms with van der Waals surface area (Å²) in [6, 6.07) is 4.28. The van der Waals surface area contributed by atoms with Crippen molar-refractivity contribution < 1.29 is 23.1 Å². The van der Waals surface area contributed by atoms with Crippen LogP contribution in [-0.2, 0) is 10.0 Å². The van der Waals surface area contributed by atoms with Gasteiger partial charge in [-0.05, 0) is 43.9 Å². The second-order valence-corrected chi connectivity index (χ2v) is 12.2. The fourth-order valence-electron chi connectivity index (χ4n) is 4.99. The number of ether oxygens (including phenoxy) is 1. The minimum atomic E-state index is -3.95. The van der Waals surface area contributed by atoms with E-state index in [1.54, 1.807) is 26.1 Å². The third-order valence-corrected chi connectivity index (χ3v) is 9.37. The van der Waals surface area contributed by atoms with E-state index in [0.717, 1.165) is 6.42 Å². The molecule has 3 atom stereocenters. The molecule has 0 bridgehead atoms. The van der Waals surface area contributed by atoms with E-state index in [-0.39, 0.29) is 47.9 Å². The van der Waals surface area contributed by atoms with Gasteiger partial charge in [0.15, 0.2) is 0 Å². The molecule has 0 saturated heterocycles. The summed E-state index contributed by atoms with van der Waals surface area (Å²) in [5, 5.41) is 9.84. The van der Waals surface area contributed by atoms with Crippen molar-refractivity contribution in [2.75, 3.05) is 26.7 Å². The van der Waals surface area contributed by atoms with Crippen LogP contribution in [0.4, 0.5) is 0 Å². The molecule has 1 aromatic carbocycles. The number of aliphatic hydroxyl groups is 1. The maximum absolute atomic E-state index is 13.7. The molecule has 1 aliphatic carbocycles. The Bertz CT molecular complexity index is 1290. The highest BCUT2D eigenvalue weighted by atomic mass is 32.2. The van der Waals surface area contributed by atoms with Crippen molar-refractivity contribution in [3.63, 3.8) is 0 Å². The minimum Gasteiger partial charge on any atom is -0.487 e. The Morgan fingerprint density at radius 2 is 2.05 bits per heavy atom. The summed E-state index contributed by atoms with van der Waals surface area (Å²) >= 11 is 0. The highest BCUT2D eigenvalue weighted by Gasteiger charge is 2.38. The summed E-state index contributed by atoms with van der Waals surface area (Å²) in [5.41, 5.74) is 0.890. The SMILES string of the molecule is C[C@@H]1CN([C@H](C)CO)S(=O)(=O)c2ccc(C#CCC3CCCC3)cc2O[C@H]1CN(C)C(=O)c1cnccn1. The maximum Gasteiger partial charge on any atom is 0.273 e. The number of sulfonamides is 1. The summed E-state index contributed by atoms with van der Waals surface area (Å²) in [6.07, 6.45) is 9.60. The van der Waals surface area contributed by atoms with Crippen molar-refractivity contribution in [3.8, 4) is 17.6 Å². The molecule has 9 nitrogen and oxygen atoms in total. The molecule has 4 rings (SSSR count). The van der Waals surface area contributed by atoms with Crippen LogP contribution in [0.25, 0.3) is 0 Å². The van der Waals surface area contributed by atoms with Crippen LogP contribution >= 0.6 is 0 Å². The summed E-state index contributed by atoms with van der Waals surface area (Å²) in [5.74, 6) is 6.66. The Kier molecular flexibility index (Phi) is 9.03. The number of aromatic nitrogens is 2. The van der Waals surface area contributed by atoms with Crippen LogP contribution in [0.15, 0.2) is 41.7 Å². The number of carbonyl (C=O) groups is 1. The number of benzene rings is 1. The van der Waals surface area contributed by atoms with Gasteiger partial charge < -0.3 is 14.7 Å². The van der Waals surface area contributed by atoms with Crippen molar-refractivity contribution in [3.05, 3.63) is 48.0 Å².